The van der Waals surface area contributed by atoms with Crippen LogP contribution < -0.4 is 0 Å². The predicted octanol–water partition coefficient (Wildman–Crippen LogP) is 1.42. The quantitative estimate of drug-likeness (QED) is 0.479. The average molecular weight is 199 g/mol. The fourth-order valence-corrected chi connectivity index (χ4v) is 2.11. The summed E-state index contributed by atoms with van der Waals surface area (Å²) in [5.74, 6) is 0.707. The van der Waals surface area contributed by atoms with Crippen LogP contribution in [-0.4, -0.2) is 38.6 Å². The molecule has 2 rings (SSSR count). The van der Waals surface area contributed by atoms with E-state index in [9.17, 15) is 0 Å². The van der Waals surface area contributed by atoms with Crippen molar-refractivity contribution < 1.29 is 14.2 Å². The van der Waals surface area contributed by atoms with Crippen LogP contribution in [0.2, 0.25) is 0 Å². The van der Waals surface area contributed by atoms with Gasteiger partial charge in [-0.05, 0) is 32.1 Å². The molecule has 2 aliphatic rings. The third-order valence-corrected chi connectivity index (χ3v) is 2.98. The van der Waals surface area contributed by atoms with Crippen LogP contribution in [0.3, 0.4) is 0 Å². The number of rotatable bonds is 6. The van der Waals surface area contributed by atoms with Crippen molar-refractivity contribution in [1.82, 2.24) is 0 Å². The van der Waals surface area contributed by atoms with Crippen molar-refractivity contribution in [2.75, 3.05) is 26.4 Å². The molecule has 1 radical (unpaired) electrons. The van der Waals surface area contributed by atoms with Crippen LogP contribution in [0.5, 0.6) is 0 Å². The number of hydrogen-bond donors (Lipinski definition) is 0. The van der Waals surface area contributed by atoms with Crippen LogP contribution in [0, 0.1) is 12.8 Å². The van der Waals surface area contributed by atoms with Gasteiger partial charge < -0.3 is 14.2 Å². The maximum atomic E-state index is 5.53. The fourth-order valence-electron chi connectivity index (χ4n) is 2.11. The molecule has 0 amide bonds. The largest absolute Gasteiger partial charge is 0.379 e. The summed E-state index contributed by atoms with van der Waals surface area (Å²) >= 11 is 0. The Morgan fingerprint density at radius 1 is 1.14 bits per heavy atom. The van der Waals surface area contributed by atoms with Crippen molar-refractivity contribution in [3.8, 4) is 0 Å². The van der Waals surface area contributed by atoms with E-state index in [0.717, 1.165) is 6.61 Å². The maximum absolute atomic E-state index is 5.53. The lowest BCUT2D eigenvalue weighted by molar-refractivity contribution is 0.0362. The highest BCUT2D eigenvalue weighted by Crippen LogP contribution is 2.39. The predicted molar refractivity (Wildman–Crippen MR) is 53.0 cm³/mol. The summed E-state index contributed by atoms with van der Waals surface area (Å²) < 4.78 is 16.1. The standard InChI is InChI=1S/C11H19O3/c1-2-12-5-6-13-8-9-3-4-10-11(7-9)14-10/h9-11H,1-8H2. The SMILES string of the molecule is [CH2]COCCOCC1CCC2OC2C1. The molecule has 3 unspecified atom stereocenters. The Hall–Kier alpha value is -0.120. The Kier molecular flexibility index (Phi) is 3.79. The van der Waals surface area contributed by atoms with Crippen LogP contribution in [0.15, 0.2) is 0 Å². The maximum Gasteiger partial charge on any atom is 0.0845 e. The first-order valence-corrected chi connectivity index (χ1v) is 5.50. The molecule has 14 heavy (non-hydrogen) atoms. The molecule has 1 saturated heterocycles. The third-order valence-electron chi connectivity index (χ3n) is 2.98. The van der Waals surface area contributed by atoms with Crippen LogP contribution in [0.1, 0.15) is 19.3 Å². The van der Waals surface area contributed by atoms with Gasteiger partial charge in [0.05, 0.1) is 25.4 Å². The molecule has 1 saturated carbocycles. The molecule has 3 heteroatoms. The molecule has 1 aliphatic carbocycles. The summed E-state index contributed by atoms with van der Waals surface area (Å²) in [5.41, 5.74) is 0. The molecular weight excluding hydrogens is 180 g/mol. The molecule has 81 valence electrons. The van der Waals surface area contributed by atoms with Gasteiger partial charge in [0.2, 0.25) is 0 Å². The smallest absolute Gasteiger partial charge is 0.0845 e. The Labute approximate surface area is 85.7 Å². The molecule has 3 atom stereocenters. The third kappa shape index (κ3) is 2.94. The number of hydrogen-bond acceptors (Lipinski definition) is 3. The molecular formula is C11H19O3. The van der Waals surface area contributed by atoms with Crippen LogP contribution in [-0.2, 0) is 14.2 Å². The number of fused-ring (bicyclic) bond motifs is 1. The Morgan fingerprint density at radius 2 is 2.00 bits per heavy atom. The van der Waals surface area contributed by atoms with Gasteiger partial charge in [0, 0.05) is 13.2 Å². The first-order chi connectivity index (χ1) is 6.90. The van der Waals surface area contributed by atoms with Gasteiger partial charge >= 0.3 is 0 Å². The Bertz CT molecular complexity index is 172. The summed E-state index contributed by atoms with van der Waals surface area (Å²) in [7, 11) is 0. The fraction of sp³-hybridized carbons (Fsp3) is 0.909. The van der Waals surface area contributed by atoms with Gasteiger partial charge in [0.25, 0.3) is 0 Å². The van der Waals surface area contributed by atoms with Crippen molar-refractivity contribution in [2.24, 2.45) is 5.92 Å². The van der Waals surface area contributed by atoms with Gasteiger partial charge in [-0.25, -0.2) is 0 Å². The van der Waals surface area contributed by atoms with Gasteiger partial charge in [-0.1, -0.05) is 0 Å². The van der Waals surface area contributed by atoms with Crippen molar-refractivity contribution in [2.45, 2.75) is 31.5 Å². The summed E-state index contributed by atoms with van der Waals surface area (Å²) in [6.45, 7) is 6.36. The van der Waals surface area contributed by atoms with Gasteiger partial charge in [-0.2, -0.15) is 0 Å². The summed E-state index contributed by atoms with van der Waals surface area (Å²) in [5, 5.41) is 0. The zero-order valence-electron chi connectivity index (χ0n) is 8.61. The van der Waals surface area contributed by atoms with Crippen LogP contribution >= 0.6 is 0 Å². The molecule has 0 bridgehead atoms. The Balaban J connectivity index is 1.48. The van der Waals surface area contributed by atoms with E-state index in [0.29, 0.717) is 37.9 Å². The minimum absolute atomic E-state index is 0.532. The van der Waals surface area contributed by atoms with Crippen molar-refractivity contribution in [1.29, 1.82) is 0 Å². The van der Waals surface area contributed by atoms with E-state index in [4.69, 9.17) is 14.2 Å². The molecule has 0 aromatic rings. The van der Waals surface area contributed by atoms with E-state index in [2.05, 4.69) is 6.92 Å². The minimum atomic E-state index is 0.532. The molecule has 0 spiro atoms. The average Bonchev–Trinajstić information content (AvgIpc) is 2.95. The van der Waals surface area contributed by atoms with Crippen LogP contribution in [0.25, 0.3) is 0 Å². The second kappa shape index (κ2) is 5.10. The topological polar surface area (TPSA) is 31.0 Å². The number of epoxide rings is 1. The van der Waals surface area contributed by atoms with Gasteiger partial charge in [0.15, 0.2) is 0 Å². The first-order valence-electron chi connectivity index (χ1n) is 5.50. The van der Waals surface area contributed by atoms with E-state index in [1.165, 1.54) is 19.3 Å². The normalized spacial score (nSPS) is 35.4. The summed E-state index contributed by atoms with van der Waals surface area (Å²) in [6, 6.07) is 0. The summed E-state index contributed by atoms with van der Waals surface area (Å²) in [4.78, 5) is 0. The monoisotopic (exact) mass is 199 g/mol. The van der Waals surface area contributed by atoms with E-state index >= 15 is 0 Å². The lowest BCUT2D eigenvalue weighted by Crippen LogP contribution is -2.19. The zero-order valence-corrected chi connectivity index (χ0v) is 8.61. The van der Waals surface area contributed by atoms with E-state index in [-0.39, 0.29) is 0 Å². The molecule has 2 fully saturated rings. The second-order valence-electron chi connectivity index (χ2n) is 4.08. The van der Waals surface area contributed by atoms with Crippen molar-refractivity contribution in [3.63, 3.8) is 0 Å². The summed E-state index contributed by atoms with van der Waals surface area (Å²) in [6.07, 6.45) is 4.85. The van der Waals surface area contributed by atoms with Gasteiger partial charge in [0.1, 0.15) is 0 Å². The Morgan fingerprint density at radius 3 is 2.79 bits per heavy atom. The zero-order chi connectivity index (χ0) is 9.80. The van der Waals surface area contributed by atoms with Crippen molar-refractivity contribution in [3.05, 3.63) is 6.92 Å². The minimum Gasteiger partial charge on any atom is -0.379 e. The van der Waals surface area contributed by atoms with Gasteiger partial charge in [-0.3, -0.25) is 0 Å². The molecule has 1 aliphatic heterocycles. The van der Waals surface area contributed by atoms with Gasteiger partial charge in [-0.15, -0.1) is 0 Å². The lowest BCUT2D eigenvalue weighted by Gasteiger charge is -2.18. The number of ether oxygens (including phenoxy) is 3. The first kappa shape index (κ1) is 10.4. The highest BCUT2D eigenvalue weighted by Gasteiger charge is 2.43. The van der Waals surface area contributed by atoms with E-state index in [1.807, 2.05) is 0 Å². The molecule has 1 heterocycles. The molecule has 0 aromatic heterocycles. The van der Waals surface area contributed by atoms with E-state index in [1.54, 1.807) is 0 Å². The van der Waals surface area contributed by atoms with Crippen molar-refractivity contribution >= 4 is 0 Å². The van der Waals surface area contributed by atoms with E-state index < -0.39 is 0 Å². The molecule has 3 nitrogen and oxygen atoms in total. The second-order valence-corrected chi connectivity index (χ2v) is 4.08. The highest BCUT2D eigenvalue weighted by atomic mass is 16.6. The lowest BCUT2D eigenvalue weighted by atomic mass is 9.90. The highest BCUT2D eigenvalue weighted by molar-refractivity contribution is 4.91. The van der Waals surface area contributed by atoms with Crippen LogP contribution in [0.4, 0.5) is 0 Å². The molecule has 0 aromatic carbocycles. The molecule has 0 N–H and O–H groups in total.